The van der Waals surface area contributed by atoms with Crippen molar-refractivity contribution in [3.05, 3.63) is 23.5 Å². The lowest BCUT2D eigenvalue weighted by Crippen LogP contribution is -2.44. The first-order valence-electron chi connectivity index (χ1n) is 9.80. The molecule has 0 amide bonds. The van der Waals surface area contributed by atoms with Crippen molar-refractivity contribution in [2.75, 3.05) is 57.8 Å². The highest BCUT2D eigenvalue weighted by molar-refractivity contribution is 5.83. The predicted octanol–water partition coefficient (Wildman–Crippen LogP) is 2.82. The average molecular weight is 342 g/mol. The van der Waals surface area contributed by atoms with E-state index in [1.807, 2.05) is 0 Å². The second-order valence-electron chi connectivity index (χ2n) is 7.80. The van der Waals surface area contributed by atoms with Gasteiger partial charge in [0.1, 0.15) is 5.82 Å². The van der Waals surface area contributed by atoms with Gasteiger partial charge < -0.3 is 19.7 Å². The molecule has 136 valence electrons. The van der Waals surface area contributed by atoms with Crippen LogP contribution in [-0.4, -0.2) is 72.6 Å². The molecule has 2 saturated heterocycles. The van der Waals surface area contributed by atoms with Crippen LogP contribution in [0.25, 0.3) is 11.0 Å². The number of likely N-dealkylation sites (N-methyl/N-ethyl adjacent to an activating group) is 2. The van der Waals surface area contributed by atoms with E-state index in [0.717, 1.165) is 44.8 Å². The van der Waals surface area contributed by atoms with Gasteiger partial charge in [-0.1, -0.05) is 6.92 Å². The van der Waals surface area contributed by atoms with Gasteiger partial charge in [0, 0.05) is 44.3 Å². The van der Waals surface area contributed by atoms with E-state index < -0.39 is 0 Å². The molecule has 0 saturated carbocycles. The number of aromatic amines is 1. The largest absolute Gasteiger partial charge is 0.369 e. The SMILES string of the molecule is CCN1CCCC(c2nc3c(C)cc(N4CCN(C)CC4)cc3[nH]2)C1. The molecule has 1 aromatic heterocycles. The van der Waals surface area contributed by atoms with Gasteiger partial charge in [-0.25, -0.2) is 4.98 Å². The fourth-order valence-corrected chi connectivity index (χ4v) is 4.30. The lowest BCUT2D eigenvalue weighted by molar-refractivity contribution is 0.214. The molecule has 1 aromatic carbocycles. The van der Waals surface area contributed by atoms with Crippen molar-refractivity contribution in [2.45, 2.75) is 32.6 Å². The molecule has 2 aromatic rings. The van der Waals surface area contributed by atoms with Gasteiger partial charge in [0.05, 0.1) is 11.0 Å². The minimum absolute atomic E-state index is 0.549. The van der Waals surface area contributed by atoms with Crippen molar-refractivity contribution in [1.29, 1.82) is 0 Å². The van der Waals surface area contributed by atoms with Gasteiger partial charge in [0.2, 0.25) is 0 Å². The number of imidazole rings is 1. The summed E-state index contributed by atoms with van der Waals surface area (Å²) in [4.78, 5) is 16.1. The second-order valence-corrected chi connectivity index (χ2v) is 7.80. The summed E-state index contributed by atoms with van der Waals surface area (Å²) in [6, 6.07) is 4.63. The number of likely N-dealkylation sites (tertiary alicyclic amines) is 1. The van der Waals surface area contributed by atoms with Crippen LogP contribution in [0.4, 0.5) is 5.69 Å². The molecule has 5 nitrogen and oxygen atoms in total. The van der Waals surface area contributed by atoms with E-state index in [0.29, 0.717) is 5.92 Å². The standard InChI is InChI=1S/C20H31N5/c1-4-24-7-5-6-16(14-24)20-21-18-13-17(12-15(2)19(18)22-20)25-10-8-23(3)9-11-25/h12-13,16H,4-11,14H2,1-3H3,(H,21,22). The van der Waals surface area contributed by atoms with Crippen LogP contribution in [-0.2, 0) is 0 Å². The van der Waals surface area contributed by atoms with Gasteiger partial charge in [0.25, 0.3) is 0 Å². The Bertz CT molecular complexity index is 729. The molecule has 5 heteroatoms. The number of nitrogens with one attached hydrogen (secondary N) is 1. The summed E-state index contributed by atoms with van der Waals surface area (Å²) < 4.78 is 0. The third-order valence-electron chi connectivity index (χ3n) is 5.99. The van der Waals surface area contributed by atoms with Gasteiger partial charge in [-0.15, -0.1) is 0 Å². The molecule has 4 rings (SSSR count). The van der Waals surface area contributed by atoms with E-state index in [-0.39, 0.29) is 0 Å². The van der Waals surface area contributed by atoms with Crippen LogP contribution in [0.5, 0.6) is 0 Å². The van der Waals surface area contributed by atoms with Crippen molar-refractivity contribution in [3.8, 4) is 0 Å². The lowest BCUT2D eigenvalue weighted by Gasteiger charge is -2.34. The number of H-pyrrole nitrogens is 1. The number of fused-ring (bicyclic) bond motifs is 1. The Kier molecular flexibility index (Phi) is 4.69. The first-order valence-corrected chi connectivity index (χ1v) is 9.80. The van der Waals surface area contributed by atoms with E-state index in [4.69, 9.17) is 4.98 Å². The molecule has 2 fully saturated rings. The van der Waals surface area contributed by atoms with Crippen LogP contribution in [0.15, 0.2) is 12.1 Å². The maximum absolute atomic E-state index is 4.99. The smallest absolute Gasteiger partial charge is 0.111 e. The number of anilines is 1. The highest BCUT2D eigenvalue weighted by Crippen LogP contribution is 2.30. The Balaban J connectivity index is 1.61. The molecule has 0 aliphatic carbocycles. The number of aromatic nitrogens is 2. The molecular weight excluding hydrogens is 310 g/mol. The Morgan fingerprint density at radius 3 is 2.72 bits per heavy atom. The van der Waals surface area contributed by atoms with Crippen molar-refractivity contribution in [2.24, 2.45) is 0 Å². The maximum Gasteiger partial charge on any atom is 0.111 e. The van der Waals surface area contributed by atoms with Crippen LogP contribution in [0, 0.1) is 6.92 Å². The van der Waals surface area contributed by atoms with E-state index in [1.54, 1.807) is 0 Å². The summed E-state index contributed by atoms with van der Waals surface area (Å²) in [6.45, 7) is 12.5. The topological polar surface area (TPSA) is 38.4 Å². The van der Waals surface area contributed by atoms with Crippen molar-refractivity contribution >= 4 is 16.7 Å². The monoisotopic (exact) mass is 341 g/mol. The van der Waals surface area contributed by atoms with E-state index >= 15 is 0 Å². The minimum atomic E-state index is 0.549. The van der Waals surface area contributed by atoms with E-state index in [2.05, 4.69) is 52.7 Å². The molecule has 1 unspecified atom stereocenters. The highest BCUT2D eigenvalue weighted by Gasteiger charge is 2.24. The number of benzene rings is 1. The van der Waals surface area contributed by atoms with Gasteiger partial charge in [-0.2, -0.15) is 0 Å². The number of piperidine rings is 1. The van der Waals surface area contributed by atoms with Crippen LogP contribution < -0.4 is 4.90 Å². The Labute approximate surface area is 151 Å². The van der Waals surface area contributed by atoms with E-state index in [9.17, 15) is 0 Å². The zero-order chi connectivity index (χ0) is 17.4. The lowest BCUT2D eigenvalue weighted by atomic mass is 9.97. The molecular formula is C20H31N5. The molecule has 0 radical (unpaired) electrons. The van der Waals surface area contributed by atoms with Crippen molar-refractivity contribution in [3.63, 3.8) is 0 Å². The van der Waals surface area contributed by atoms with Gasteiger partial charge in [-0.05, 0) is 57.6 Å². The fraction of sp³-hybridized carbons (Fsp3) is 0.650. The maximum atomic E-state index is 4.99. The molecule has 0 bridgehead atoms. The van der Waals surface area contributed by atoms with Crippen LogP contribution >= 0.6 is 0 Å². The zero-order valence-corrected chi connectivity index (χ0v) is 15.9. The molecule has 2 aliphatic heterocycles. The number of hydrogen-bond donors (Lipinski definition) is 1. The third kappa shape index (κ3) is 3.40. The Morgan fingerprint density at radius 1 is 1.16 bits per heavy atom. The number of nitrogens with zero attached hydrogens (tertiary/aromatic N) is 4. The molecule has 1 N–H and O–H groups in total. The van der Waals surface area contributed by atoms with Crippen LogP contribution in [0.1, 0.15) is 37.1 Å². The number of hydrogen-bond acceptors (Lipinski definition) is 4. The van der Waals surface area contributed by atoms with Gasteiger partial charge >= 0.3 is 0 Å². The normalized spacial score (nSPS) is 23.5. The first-order chi connectivity index (χ1) is 12.1. The van der Waals surface area contributed by atoms with E-state index in [1.165, 1.54) is 42.0 Å². The summed E-state index contributed by atoms with van der Waals surface area (Å²) in [5.74, 6) is 1.74. The summed E-state index contributed by atoms with van der Waals surface area (Å²) in [7, 11) is 2.21. The highest BCUT2D eigenvalue weighted by atomic mass is 15.2. The van der Waals surface area contributed by atoms with Crippen molar-refractivity contribution < 1.29 is 0 Å². The molecule has 0 spiro atoms. The molecule has 25 heavy (non-hydrogen) atoms. The summed E-state index contributed by atoms with van der Waals surface area (Å²) in [6.07, 6.45) is 2.53. The fourth-order valence-electron chi connectivity index (χ4n) is 4.30. The Morgan fingerprint density at radius 2 is 1.96 bits per heavy atom. The minimum Gasteiger partial charge on any atom is -0.369 e. The quantitative estimate of drug-likeness (QED) is 0.932. The van der Waals surface area contributed by atoms with Crippen molar-refractivity contribution in [1.82, 2.24) is 19.8 Å². The molecule has 3 heterocycles. The zero-order valence-electron chi connectivity index (χ0n) is 15.9. The molecule has 2 aliphatic rings. The summed E-state index contributed by atoms with van der Waals surface area (Å²) in [5.41, 5.74) is 4.99. The summed E-state index contributed by atoms with van der Waals surface area (Å²) in [5, 5.41) is 0. The third-order valence-corrected chi connectivity index (χ3v) is 5.99. The Hall–Kier alpha value is -1.59. The number of rotatable bonds is 3. The number of piperazine rings is 1. The number of aryl methyl sites for hydroxylation is 1. The first kappa shape index (κ1) is 16.9. The molecule has 1 atom stereocenters. The average Bonchev–Trinajstić information content (AvgIpc) is 3.07. The van der Waals surface area contributed by atoms with Crippen LogP contribution in [0.3, 0.4) is 0 Å². The van der Waals surface area contributed by atoms with Crippen LogP contribution in [0.2, 0.25) is 0 Å². The second kappa shape index (κ2) is 6.96. The van der Waals surface area contributed by atoms with Gasteiger partial charge in [0.15, 0.2) is 0 Å². The van der Waals surface area contributed by atoms with Gasteiger partial charge in [-0.3, -0.25) is 0 Å². The summed E-state index contributed by atoms with van der Waals surface area (Å²) >= 11 is 0. The predicted molar refractivity (Wildman–Crippen MR) is 105 cm³/mol.